The first-order valence-electron chi connectivity index (χ1n) is 10.0. The fourth-order valence-corrected chi connectivity index (χ4v) is 3.93. The molecule has 0 aliphatic carbocycles. The van der Waals surface area contributed by atoms with Crippen LogP contribution in [0.1, 0.15) is 16.8 Å². The molecule has 34 heavy (non-hydrogen) atoms. The Labute approximate surface area is 190 Å². The van der Waals surface area contributed by atoms with Gasteiger partial charge in [-0.15, -0.1) is 0 Å². The van der Waals surface area contributed by atoms with Crippen LogP contribution in [0, 0.1) is 0 Å². The summed E-state index contributed by atoms with van der Waals surface area (Å²) in [6, 6.07) is 5.08. The molecule has 1 aromatic carbocycles. The molecule has 4 aromatic rings. The van der Waals surface area contributed by atoms with Gasteiger partial charge in [0.05, 0.1) is 43.5 Å². The minimum atomic E-state index is -4.53. The Kier molecular flexibility index (Phi) is 5.12. The molecule has 4 heterocycles. The number of alkyl halides is 3. The lowest BCUT2D eigenvalue weighted by Crippen LogP contribution is -2.19. The smallest absolute Gasteiger partial charge is 0.419 e. The molecule has 0 spiro atoms. The van der Waals surface area contributed by atoms with Crippen LogP contribution in [-0.2, 0) is 35.5 Å². The minimum absolute atomic E-state index is 0.313. The quantitative estimate of drug-likeness (QED) is 0.457. The SMILES string of the molecule is COc1cc(-n2c3c(c4ncnc(N)c42)COC3)ccc1NC(=O)Cn1cc(C(F)(F)F)cn1. The summed E-state index contributed by atoms with van der Waals surface area (Å²) in [4.78, 5) is 20.9. The summed E-state index contributed by atoms with van der Waals surface area (Å²) >= 11 is 0. The largest absolute Gasteiger partial charge is 0.494 e. The maximum absolute atomic E-state index is 12.7. The van der Waals surface area contributed by atoms with Crippen molar-refractivity contribution in [3.8, 4) is 11.4 Å². The summed E-state index contributed by atoms with van der Waals surface area (Å²) in [6.45, 7) is 0.377. The Balaban J connectivity index is 1.44. The van der Waals surface area contributed by atoms with Crippen LogP contribution < -0.4 is 15.8 Å². The van der Waals surface area contributed by atoms with E-state index >= 15 is 0 Å². The van der Waals surface area contributed by atoms with Gasteiger partial charge < -0.3 is 25.1 Å². The first kappa shape index (κ1) is 21.7. The molecule has 0 fully saturated rings. The maximum Gasteiger partial charge on any atom is 0.419 e. The number of hydrogen-bond acceptors (Lipinski definition) is 7. The van der Waals surface area contributed by atoms with Gasteiger partial charge in [0.2, 0.25) is 5.91 Å². The number of nitrogens with zero attached hydrogens (tertiary/aromatic N) is 5. The first-order valence-corrected chi connectivity index (χ1v) is 10.0. The molecule has 1 aliphatic heterocycles. The van der Waals surface area contributed by atoms with Gasteiger partial charge in [0, 0.05) is 23.5 Å². The number of nitrogens with one attached hydrogen (secondary N) is 1. The number of methoxy groups -OCH3 is 1. The van der Waals surface area contributed by atoms with Gasteiger partial charge in [0.25, 0.3) is 0 Å². The van der Waals surface area contributed by atoms with Crippen molar-refractivity contribution >= 4 is 28.4 Å². The van der Waals surface area contributed by atoms with Crippen molar-refractivity contribution in [2.24, 2.45) is 0 Å². The second-order valence-electron chi connectivity index (χ2n) is 7.57. The average molecular weight is 473 g/mol. The number of carbonyl (C=O) groups excluding carboxylic acids is 1. The van der Waals surface area contributed by atoms with Crippen LogP contribution >= 0.6 is 0 Å². The van der Waals surface area contributed by atoms with Gasteiger partial charge in [-0.2, -0.15) is 18.3 Å². The number of hydrogen-bond donors (Lipinski definition) is 2. The van der Waals surface area contributed by atoms with Crippen molar-refractivity contribution < 1.29 is 27.4 Å². The van der Waals surface area contributed by atoms with Crippen molar-refractivity contribution in [3.63, 3.8) is 0 Å². The Morgan fingerprint density at radius 2 is 2.12 bits per heavy atom. The highest BCUT2D eigenvalue weighted by Gasteiger charge is 2.32. The Morgan fingerprint density at radius 1 is 1.29 bits per heavy atom. The number of ether oxygens (including phenoxy) is 2. The maximum atomic E-state index is 12.7. The van der Waals surface area contributed by atoms with Gasteiger partial charge in [-0.25, -0.2) is 9.97 Å². The summed E-state index contributed by atoms with van der Waals surface area (Å²) < 4.78 is 52.1. The molecule has 5 rings (SSSR count). The molecule has 0 unspecified atom stereocenters. The summed E-state index contributed by atoms with van der Waals surface area (Å²) in [5, 5.41) is 6.23. The van der Waals surface area contributed by atoms with E-state index < -0.39 is 24.2 Å². The normalized spacial score (nSPS) is 13.3. The van der Waals surface area contributed by atoms with E-state index in [1.54, 1.807) is 18.2 Å². The predicted molar refractivity (Wildman–Crippen MR) is 114 cm³/mol. The zero-order chi connectivity index (χ0) is 24.0. The molecule has 0 saturated heterocycles. The number of amides is 1. The van der Waals surface area contributed by atoms with Gasteiger partial charge in [-0.3, -0.25) is 9.48 Å². The van der Waals surface area contributed by atoms with E-state index in [0.29, 0.717) is 53.4 Å². The van der Waals surface area contributed by atoms with Crippen LogP contribution in [0.15, 0.2) is 36.9 Å². The molecule has 10 nitrogen and oxygen atoms in total. The van der Waals surface area contributed by atoms with E-state index in [4.69, 9.17) is 15.2 Å². The summed E-state index contributed by atoms with van der Waals surface area (Å²) in [5.74, 6) is 0.0849. The number of aromatic nitrogens is 5. The summed E-state index contributed by atoms with van der Waals surface area (Å²) in [6.07, 6.45) is -1.69. The molecule has 13 heteroatoms. The lowest BCUT2D eigenvalue weighted by atomic mass is 10.2. The monoisotopic (exact) mass is 473 g/mol. The van der Waals surface area contributed by atoms with E-state index in [9.17, 15) is 18.0 Å². The van der Waals surface area contributed by atoms with Gasteiger partial charge in [0.15, 0.2) is 5.82 Å². The molecule has 1 amide bonds. The topological polar surface area (TPSA) is 122 Å². The van der Waals surface area contributed by atoms with Crippen molar-refractivity contribution in [3.05, 3.63) is 53.7 Å². The number of nitrogens with two attached hydrogens (primary N) is 1. The van der Waals surface area contributed by atoms with Gasteiger partial charge in [-0.05, 0) is 12.1 Å². The van der Waals surface area contributed by atoms with E-state index in [2.05, 4.69) is 20.4 Å². The minimum Gasteiger partial charge on any atom is -0.494 e. The highest BCUT2D eigenvalue weighted by atomic mass is 19.4. The van der Waals surface area contributed by atoms with Crippen LogP contribution in [0.5, 0.6) is 5.75 Å². The molecular formula is C21H18F3N7O3. The van der Waals surface area contributed by atoms with Crippen LogP contribution in [-0.4, -0.2) is 37.3 Å². The molecular weight excluding hydrogens is 455 g/mol. The average Bonchev–Trinajstić information content (AvgIpc) is 3.50. The Hall–Kier alpha value is -4.13. The van der Waals surface area contributed by atoms with Crippen molar-refractivity contribution in [1.29, 1.82) is 0 Å². The molecule has 0 radical (unpaired) electrons. The fourth-order valence-electron chi connectivity index (χ4n) is 3.93. The summed E-state index contributed by atoms with van der Waals surface area (Å²) in [7, 11) is 1.44. The van der Waals surface area contributed by atoms with E-state index in [1.165, 1.54) is 13.4 Å². The third-order valence-electron chi connectivity index (χ3n) is 5.45. The zero-order valence-electron chi connectivity index (χ0n) is 17.8. The van der Waals surface area contributed by atoms with E-state index in [1.807, 2.05) is 4.57 Å². The first-order chi connectivity index (χ1) is 16.3. The van der Waals surface area contributed by atoms with Crippen LogP contribution in [0.25, 0.3) is 16.7 Å². The number of nitrogen functional groups attached to an aromatic ring is 1. The standard InChI is InChI=1S/C21H18F3N7O3/c1-33-16-4-12(31-15-9-34-8-13(15)18-19(31)20(25)27-10-26-18)2-3-14(16)29-17(32)7-30-6-11(5-28-30)21(22,23)24/h2-6,10H,7-9H2,1H3,(H,29,32)(H2,25,26,27). The van der Waals surface area contributed by atoms with Gasteiger partial charge >= 0.3 is 6.18 Å². The molecule has 1 aliphatic rings. The number of carbonyl (C=O) groups is 1. The van der Waals surface area contributed by atoms with Crippen LogP contribution in [0.3, 0.4) is 0 Å². The molecule has 3 aromatic heterocycles. The van der Waals surface area contributed by atoms with E-state index in [0.717, 1.165) is 22.1 Å². The Bertz CT molecular complexity index is 1410. The third-order valence-corrected chi connectivity index (χ3v) is 5.45. The second-order valence-corrected chi connectivity index (χ2v) is 7.57. The zero-order valence-corrected chi connectivity index (χ0v) is 17.8. The molecule has 0 saturated carbocycles. The number of rotatable bonds is 5. The fraction of sp³-hybridized carbons (Fsp3) is 0.238. The number of anilines is 2. The number of fused-ring (bicyclic) bond motifs is 3. The predicted octanol–water partition coefficient (Wildman–Crippen LogP) is 2.90. The highest BCUT2D eigenvalue weighted by molar-refractivity contribution is 5.93. The number of halogens is 3. The second kappa shape index (κ2) is 8.02. The van der Waals surface area contributed by atoms with Gasteiger partial charge in [0.1, 0.15) is 29.7 Å². The van der Waals surface area contributed by atoms with Crippen molar-refractivity contribution in [2.75, 3.05) is 18.2 Å². The Morgan fingerprint density at radius 3 is 2.85 bits per heavy atom. The lowest BCUT2D eigenvalue weighted by Gasteiger charge is -2.15. The molecule has 0 bridgehead atoms. The van der Waals surface area contributed by atoms with Crippen molar-refractivity contribution in [1.82, 2.24) is 24.3 Å². The van der Waals surface area contributed by atoms with Crippen LogP contribution in [0.4, 0.5) is 24.7 Å². The third kappa shape index (κ3) is 3.69. The number of benzene rings is 1. The molecule has 3 N–H and O–H groups in total. The lowest BCUT2D eigenvalue weighted by molar-refractivity contribution is -0.137. The van der Waals surface area contributed by atoms with Crippen LogP contribution in [0.2, 0.25) is 0 Å². The highest BCUT2D eigenvalue weighted by Crippen LogP contribution is 2.37. The van der Waals surface area contributed by atoms with Gasteiger partial charge in [-0.1, -0.05) is 0 Å². The van der Waals surface area contributed by atoms with Crippen molar-refractivity contribution in [2.45, 2.75) is 25.9 Å². The summed E-state index contributed by atoms with van der Waals surface area (Å²) in [5.41, 5.74) is 9.41. The molecule has 0 atom stereocenters. The van der Waals surface area contributed by atoms with E-state index in [-0.39, 0.29) is 0 Å². The molecule has 176 valence electrons.